The van der Waals surface area contributed by atoms with Crippen molar-refractivity contribution in [1.82, 2.24) is 10.2 Å². The molecule has 0 unspecified atom stereocenters. The molecule has 0 aliphatic heterocycles. The fourth-order valence-electron chi connectivity index (χ4n) is 3.20. The lowest BCUT2D eigenvalue weighted by molar-refractivity contribution is -0.138. The average molecular weight is 268 g/mol. The number of nitrogens with zero attached hydrogens (tertiary/aromatic N) is 1. The van der Waals surface area contributed by atoms with Crippen molar-refractivity contribution in [2.24, 2.45) is 0 Å². The van der Waals surface area contributed by atoms with Crippen LogP contribution in [0.3, 0.4) is 0 Å². The third-order valence-corrected chi connectivity index (χ3v) is 4.69. The fraction of sp³-hybridized carbons (Fsp3) is 0.857. The minimum absolute atomic E-state index is 0.0769. The summed E-state index contributed by atoms with van der Waals surface area (Å²) in [6.45, 7) is 1.90. The van der Waals surface area contributed by atoms with Crippen molar-refractivity contribution < 1.29 is 14.7 Å². The highest BCUT2D eigenvalue weighted by molar-refractivity contribution is 5.81. The molecule has 19 heavy (non-hydrogen) atoms. The van der Waals surface area contributed by atoms with Crippen LogP contribution < -0.4 is 5.32 Å². The summed E-state index contributed by atoms with van der Waals surface area (Å²) in [6, 6.07) is -0.0825. The van der Waals surface area contributed by atoms with Crippen LogP contribution in [0.1, 0.15) is 58.3 Å². The molecule has 108 valence electrons. The molecule has 2 saturated carbocycles. The van der Waals surface area contributed by atoms with Gasteiger partial charge < -0.3 is 15.3 Å². The molecule has 2 rings (SSSR count). The van der Waals surface area contributed by atoms with Crippen molar-refractivity contribution in [2.75, 3.05) is 6.54 Å². The number of aliphatic carboxylic acids is 1. The highest BCUT2D eigenvalue weighted by atomic mass is 16.4. The maximum Gasteiger partial charge on any atom is 0.323 e. The summed E-state index contributed by atoms with van der Waals surface area (Å²) in [6.07, 6.45) is 8.14. The Balaban J connectivity index is 2.00. The van der Waals surface area contributed by atoms with Crippen LogP contribution in [0.25, 0.3) is 0 Å². The zero-order valence-electron chi connectivity index (χ0n) is 11.7. The van der Waals surface area contributed by atoms with Crippen molar-refractivity contribution in [2.45, 2.75) is 69.9 Å². The second-order valence-electron chi connectivity index (χ2n) is 5.88. The van der Waals surface area contributed by atoms with Crippen LogP contribution in [0.15, 0.2) is 0 Å². The van der Waals surface area contributed by atoms with E-state index in [1.54, 1.807) is 0 Å². The van der Waals surface area contributed by atoms with Gasteiger partial charge in [-0.25, -0.2) is 4.79 Å². The zero-order chi connectivity index (χ0) is 13.9. The van der Waals surface area contributed by atoms with E-state index in [9.17, 15) is 9.59 Å². The maximum absolute atomic E-state index is 12.4. The van der Waals surface area contributed by atoms with Crippen LogP contribution in [0.2, 0.25) is 0 Å². The van der Waals surface area contributed by atoms with E-state index in [2.05, 4.69) is 12.2 Å². The molecule has 5 heteroatoms. The van der Waals surface area contributed by atoms with Crippen LogP contribution in [0.5, 0.6) is 0 Å². The summed E-state index contributed by atoms with van der Waals surface area (Å²) in [5.41, 5.74) is -0.0769. The fourth-order valence-corrected chi connectivity index (χ4v) is 3.20. The number of hydrogen-bond acceptors (Lipinski definition) is 2. The molecule has 2 aliphatic rings. The van der Waals surface area contributed by atoms with Gasteiger partial charge in [0.15, 0.2) is 0 Å². The first kappa shape index (κ1) is 14.2. The third-order valence-electron chi connectivity index (χ3n) is 4.69. The molecule has 0 radical (unpaired) electrons. The summed E-state index contributed by atoms with van der Waals surface area (Å²) < 4.78 is 0. The minimum atomic E-state index is -0.929. The summed E-state index contributed by atoms with van der Waals surface area (Å²) in [4.78, 5) is 24.9. The van der Waals surface area contributed by atoms with Gasteiger partial charge in [0.25, 0.3) is 0 Å². The van der Waals surface area contributed by atoms with Gasteiger partial charge in [-0.3, -0.25) is 4.79 Å². The van der Waals surface area contributed by atoms with Gasteiger partial charge in [0, 0.05) is 11.6 Å². The molecular weight excluding hydrogens is 244 g/mol. The van der Waals surface area contributed by atoms with E-state index in [1.807, 2.05) is 0 Å². The number of carboxylic acids is 1. The number of hydrogen-bond donors (Lipinski definition) is 2. The summed E-state index contributed by atoms with van der Waals surface area (Å²) >= 11 is 0. The molecule has 0 heterocycles. The molecule has 5 nitrogen and oxygen atoms in total. The molecule has 0 saturated heterocycles. The number of nitrogens with one attached hydrogen (secondary N) is 1. The molecule has 2 fully saturated rings. The van der Waals surface area contributed by atoms with Crippen molar-refractivity contribution in [3.63, 3.8) is 0 Å². The van der Waals surface area contributed by atoms with E-state index in [4.69, 9.17) is 5.11 Å². The van der Waals surface area contributed by atoms with Crippen LogP contribution in [0, 0.1) is 0 Å². The first-order valence-corrected chi connectivity index (χ1v) is 7.37. The topological polar surface area (TPSA) is 69.6 Å². The van der Waals surface area contributed by atoms with E-state index in [0.29, 0.717) is 0 Å². The van der Waals surface area contributed by atoms with Gasteiger partial charge in [0.1, 0.15) is 6.54 Å². The Labute approximate surface area is 114 Å². The second-order valence-corrected chi connectivity index (χ2v) is 5.88. The van der Waals surface area contributed by atoms with Crippen molar-refractivity contribution in [1.29, 1.82) is 0 Å². The third kappa shape index (κ3) is 3.19. The molecule has 2 amide bonds. The van der Waals surface area contributed by atoms with Crippen LogP contribution in [0.4, 0.5) is 4.79 Å². The lowest BCUT2D eigenvalue weighted by Crippen LogP contribution is -2.58. The average Bonchev–Trinajstić information content (AvgIpc) is 2.83. The highest BCUT2D eigenvalue weighted by Gasteiger charge is 2.39. The number of rotatable bonds is 5. The second kappa shape index (κ2) is 5.80. The van der Waals surface area contributed by atoms with E-state index in [1.165, 1.54) is 4.90 Å². The van der Waals surface area contributed by atoms with Crippen LogP contribution in [-0.4, -0.2) is 40.1 Å². The molecule has 0 atom stereocenters. The molecule has 2 N–H and O–H groups in total. The smallest absolute Gasteiger partial charge is 0.323 e. The van der Waals surface area contributed by atoms with Crippen molar-refractivity contribution in [3.8, 4) is 0 Å². The van der Waals surface area contributed by atoms with E-state index in [-0.39, 0.29) is 24.2 Å². The zero-order valence-corrected chi connectivity index (χ0v) is 11.7. The van der Waals surface area contributed by atoms with Crippen LogP contribution in [-0.2, 0) is 4.79 Å². The van der Waals surface area contributed by atoms with Crippen molar-refractivity contribution >= 4 is 12.0 Å². The van der Waals surface area contributed by atoms with E-state index < -0.39 is 5.97 Å². The number of amides is 2. The Morgan fingerprint density at radius 1 is 1.26 bits per heavy atom. The number of carboxylic acid groups (broad SMARTS) is 1. The Bertz CT molecular complexity index is 341. The van der Waals surface area contributed by atoms with Gasteiger partial charge in [-0.05, 0) is 38.5 Å². The first-order valence-electron chi connectivity index (χ1n) is 7.37. The van der Waals surface area contributed by atoms with Gasteiger partial charge >= 0.3 is 12.0 Å². The minimum Gasteiger partial charge on any atom is -0.480 e. The van der Waals surface area contributed by atoms with E-state index in [0.717, 1.165) is 51.4 Å². The van der Waals surface area contributed by atoms with Crippen molar-refractivity contribution in [3.05, 3.63) is 0 Å². The Morgan fingerprint density at radius 2 is 1.89 bits per heavy atom. The number of urea groups is 1. The molecule has 0 spiro atoms. The number of carbonyl (C=O) groups is 2. The van der Waals surface area contributed by atoms with Gasteiger partial charge in [0.2, 0.25) is 0 Å². The molecule has 0 aromatic heterocycles. The van der Waals surface area contributed by atoms with Gasteiger partial charge in [-0.2, -0.15) is 0 Å². The molecule has 0 aromatic rings. The Kier molecular flexibility index (Phi) is 4.32. The summed E-state index contributed by atoms with van der Waals surface area (Å²) in [7, 11) is 0. The highest BCUT2D eigenvalue weighted by Crippen LogP contribution is 2.35. The standard InChI is InChI=1S/C14H24N2O3/c1-2-14(8-5-9-14)15-13(19)16(10-12(17)18)11-6-3-4-7-11/h11H,2-10H2,1H3,(H,15,19)(H,17,18). The Morgan fingerprint density at radius 3 is 2.32 bits per heavy atom. The lowest BCUT2D eigenvalue weighted by atomic mass is 9.75. The predicted molar refractivity (Wildman–Crippen MR) is 72.0 cm³/mol. The summed E-state index contributed by atoms with van der Waals surface area (Å²) in [5.74, 6) is -0.929. The van der Waals surface area contributed by atoms with E-state index >= 15 is 0 Å². The Hall–Kier alpha value is -1.26. The maximum atomic E-state index is 12.4. The van der Waals surface area contributed by atoms with Crippen LogP contribution >= 0.6 is 0 Å². The van der Waals surface area contributed by atoms with Gasteiger partial charge in [-0.1, -0.05) is 19.8 Å². The first-order chi connectivity index (χ1) is 9.06. The normalized spacial score (nSPS) is 21.7. The van der Waals surface area contributed by atoms with Gasteiger partial charge in [-0.15, -0.1) is 0 Å². The number of carbonyl (C=O) groups excluding carboxylic acids is 1. The van der Waals surface area contributed by atoms with Gasteiger partial charge in [0.05, 0.1) is 0 Å². The molecular formula is C14H24N2O3. The molecule has 0 bridgehead atoms. The largest absolute Gasteiger partial charge is 0.480 e. The predicted octanol–water partition coefficient (Wildman–Crippen LogP) is 2.36. The molecule has 0 aromatic carbocycles. The molecule has 2 aliphatic carbocycles. The SMILES string of the molecule is CCC1(NC(=O)N(CC(=O)O)C2CCCC2)CCC1. The summed E-state index contributed by atoms with van der Waals surface area (Å²) in [5, 5.41) is 12.1. The monoisotopic (exact) mass is 268 g/mol. The quantitative estimate of drug-likeness (QED) is 0.804. The lowest BCUT2D eigenvalue weighted by Gasteiger charge is -2.43.